The van der Waals surface area contributed by atoms with Crippen molar-refractivity contribution in [2.75, 3.05) is 5.32 Å². The minimum absolute atomic E-state index is 0.201. The molecule has 1 atom stereocenters. The van der Waals surface area contributed by atoms with Crippen LogP contribution in [0.1, 0.15) is 39.3 Å². The maximum atomic E-state index is 12.8. The highest BCUT2D eigenvalue weighted by Crippen LogP contribution is 2.30. The van der Waals surface area contributed by atoms with Gasteiger partial charge in [-0.15, -0.1) is 0 Å². The number of benzene rings is 2. The van der Waals surface area contributed by atoms with E-state index in [1.165, 1.54) is 4.90 Å². The van der Waals surface area contributed by atoms with Gasteiger partial charge in [0.25, 0.3) is 11.8 Å². The quantitative estimate of drug-likeness (QED) is 0.548. The number of hydrogen-bond acceptors (Lipinski definition) is 4. The molecule has 0 spiro atoms. The minimum Gasteiger partial charge on any atom is -0.349 e. The lowest BCUT2D eigenvalue weighted by Crippen LogP contribution is -2.52. The molecule has 8 nitrogen and oxygen atoms in total. The number of nitrogens with zero attached hydrogens (tertiary/aromatic N) is 1. The number of piperidine rings is 1. The molecule has 31 heavy (non-hydrogen) atoms. The zero-order valence-corrected chi connectivity index (χ0v) is 17.0. The van der Waals surface area contributed by atoms with Crippen LogP contribution in [0.3, 0.4) is 0 Å². The lowest BCUT2D eigenvalue weighted by Gasteiger charge is -2.29. The van der Waals surface area contributed by atoms with Crippen LogP contribution in [0.4, 0.5) is 5.69 Å². The number of carbonyl (C=O) groups excluding carboxylic acids is 4. The molecule has 2 aromatic carbocycles. The van der Waals surface area contributed by atoms with Gasteiger partial charge in [0.1, 0.15) is 11.7 Å². The number of carbonyl (C=O) groups is 4. The molecular formula is C22H17ClN4O4. The van der Waals surface area contributed by atoms with E-state index in [0.29, 0.717) is 39.5 Å². The van der Waals surface area contributed by atoms with Gasteiger partial charge in [-0.25, -0.2) is 0 Å². The summed E-state index contributed by atoms with van der Waals surface area (Å²) < 4.78 is 0. The first-order valence-corrected chi connectivity index (χ1v) is 10.1. The largest absolute Gasteiger partial charge is 0.349 e. The summed E-state index contributed by atoms with van der Waals surface area (Å²) in [6.07, 6.45) is 0.503. The molecule has 2 aliphatic rings. The van der Waals surface area contributed by atoms with Crippen molar-refractivity contribution < 1.29 is 19.2 Å². The van der Waals surface area contributed by atoms with Gasteiger partial charge in [0.05, 0.1) is 10.5 Å². The molecule has 0 bridgehead atoms. The van der Waals surface area contributed by atoms with Gasteiger partial charge in [-0.2, -0.15) is 0 Å². The summed E-state index contributed by atoms with van der Waals surface area (Å²) in [4.78, 5) is 53.5. The van der Waals surface area contributed by atoms with Gasteiger partial charge < -0.3 is 15.2 Å². The van der Waals surface area contributed by atoms with Crippen LogP contribution in [0, 0.1) is 0 Å². The smallest absolute Gasteiger partial charge is 0.272 e. The third kappa shape index (κ3) is 3.34. The van der Waals surface area contributed by atoms with Crippen LogP contribution < -0.4 is 10.6 Å². The van der Waals surface area contributed by atoms with Crippen LogP contribution >= 0.6 is 11.6 Å². The second-order valence-corrected chi connectivity index (χ2v) is 8.02. The lowest BCUT2D eigenvalue weighted by molar-refractivity contribution is -0.136. The zero-order valence-electron chi connectivity index (χ0n) is 16.2. The number of imide groups is 1. The molecule has 0 saturated carbocycles. The average Bonchev–Trinajstić information content (AvgIpc) is 3.31. The SMILES string of the molecule is O=C1CCC(N2Cc3cc(NC(=O)c4cc5cccc(Cl)c5[nH]4)ccc3C2=O)C(=O)N1. The number of nitrogens with one attached hydrogen (secondary N) is 3. The predicted octanol–water partition coefficient (Wildman–Crippen LogP) is 2.83. The number of rotatable bonds is 3. The zero-order chi connectivity index (χ0) is 21.7. The number of aromatic nitrogens is 1. The number of para-hydroxylation sites is 1. The number of halogens is 1. The molecule has 0 radical (unpaired) electrons. The summed E-state index contributed by atoms with van der Waals surface area (Å²) in [6.45, 7) is 0.242. The standard InChI is InChI=1S/C22H17ClN4O4/c23-15-3-1-2-11-9-16(25-19(11)15)20(29)24-13-4-5-14-12(8-13)10-27(22(14)31)17-6-7-18(28)26-21(17)30/h1-5,8-9,17,25H,6-7,10H2,(H,24,29)(H,26,28,30). The van der Waals surface area contributed by atoms with Crippen molar-refractivity contribution in [3.63, 3.8) is 0 Å². The van der Waals surface area contributed by atoms with Crippen molar-refractivity contribution >= 4 is 51.8 Å². The number of aromatic amines is 1. The molecule has 4 amide bonds. The Morgan fingerprint density at radius 3 is 2.74 bits per heavy atom. The minimum atomic E-state index is -0.674. The summed E-state index contributed by atoms with van der Waals surface area (Å²) in [5.74, 6) is -1.37. The van der Waals surface area contributed by atoms with Gasteiger partial charge in [0.2, 0.25) is 11.8 Å². The Hall–Kier alpha value is -3.65. The molecule has 1 unspecified atom stereocenters. The Balaban J connectivity index is 1.35. The van der Waals surface area contributed by atoms with Gasteiger partial charge in [0, 0.05) is 29.6 Å². The molecule has 0 aliphatic carbocycles. The van der Waals surface area contributed by atoms with E-state index >= 15 is 0 Å². The van der Waals surface area contributed by atoms with E-state index < -0.39 is 11.9 Å². The third-order valence-corrected chi connectivity index (χ3v) is 5.95. The highest BCUT2D eigenvalue weighted by Gasteiger charge is 2.39. The van der Waals surface area contributed by atoms with Crippen molar-refractivity contribution in [2.24, 2.45) is 0 Å². The molecule has 9 heteroatoms. The van der Waals surface area contributed by atoms with Crippen LogP contribution in [0.2, 0.25) is 5.02 Å². The molecule has 1 aromatic heterocycles. The number of fused-ring (bicyclic) bond motifs is 2. The Kier molecular flexibility index (Phi) is 4.51. The number of H-pyrrole nitrogens is 1. The van der Waals surface area contributed by atoms with Gasteiger partial charge in [-0.05, 0) is 42.3 Å². The molecule has 2 aliphatic heterocycles. The van der Waals surface area contributed by atoms with Crippen molar-refractivity contribution in [1.29, 1.82) is 0 Å². The fourth-order valence-electron chi connectivity index (χ4n) is 4.09. The topological polar surface area (TPSA) is 111 Å². The Labute approximate surface area is 181 Å². The molecular weight excluding hydrogens is 420 g/mol. The molecule has 3 aromatic rings. The molecule has 5 rings (SSSR count). The maximum Gasteiger partial charge on any atom is 0.272 e. The Morgan fingerprint density at radius 1 is 1.13 bits per heavy atom. The first-order chi connectivity index (χ1) is 14.9. The van der Waals surface area contributed by atoms with E-state index in [9.17, 15) is 19.2 Å². The van der Waals surface area contributed by atoms with Gasteiger partial charge in [-0.3, -0.25) is 24.5 Å². The van der Waals surface area contributed by atoms with Crippen LogP contribution in [-0.4, -0.2) is 39.6 Å². The first kappa shape index (κ1) is 19.3. The van der Waals surface area contributed by atoms with E-state index in [1.807, 2.05) is 12.1 Å². The first-order valence-electron chi connectivity index (χ1n) is 9.77. The number of hydrogen-bond donors (Lipinski definition) is 3. The van der Waals surface area contributed by atoms with Crippen LogP contribution in [0.25, 0.3) is 10.9 Å². The van der Waals surface area contributed by atoms with Crippen molar-refractivity contribution in [3.8, 4) is 0 Å². The summed E-state index contributed by atoms with van der Waals surface area (Å²) >= 11 is 6.16. The number of amides is 4. The van der Waals surface area contributed by atoms with Crippen molar-refractivity contribution in [3.05, 3.63) is 64.3 Å². The predicted molar refractivity (Wildman–Crippen MR) is 114 cm³/mol. The van der Waals surface area contributed by atoms with E-state index in [2.05, 4.69) is 15.6 Å². The highest BCUT2D eigenvalue weighted by atomic mass is 35.5. The molecule has 156 valence electrons. The summed E-state index contributed by atoms with van der Waals surface area (Å²) in [7, 11) is 0. The Bertz CT molecular complexity index is 1280. The summed E-state index contributed by atoms with van der Waals surface area (Å²) in [5.41, 5.74) is 2.79. The van der Waals surface area contributed by atoms with Crippen LogP contribution in [-0.2, 0) is 16.1 Å². The van der Waals surface area contributed by atoms with Crippen molar-refractivity contribution in [1.82, 2.24) is 15.2 Å². The van der Waals surface area contributed by atoms with Gasteiger partial charge in [0.15, 0.2) is 0 Å². The van der Waals surface area contributed by atoms with E-state index in [0.717, 1.165) is 5.39 Å². The Morgan fingerprint density at radius 2 is 1.97 bits per heavy atom. The van der Waals surface area contributed by atoms with E-state index in [4.69, 9.17) is 11.6 Å². The monoisotopic (exact) mass is 436 g/mol. The number of anilines is 1. The summed E-state index contributed by atoms with van der Waals surface area (Å²) in [5, 5.41) is 6.47. The normalized spacial score (nSPS) is 18.3. The van der Waals surface area contributed by atoms with E-state index in [1.54, 1.807) is 30.3 Å². The van der Waals surface area contributed by atoms with Gasteiger partial charge in [-0.1, -0.05) is 23.7 Å². The highest BCUT2D eigenvalue weighted by molar-refractivity contribution is 6.35. The fraction of sp³-hybridized carbons (Fsp3) is 0.182. The van der Waals surface area contributed by atoms with Crippen LogP contribution in [0.15, 0.2) is 42.5 Å². The van der Waals surface area contributed by atoms with Crippen LogP contribution in [0.5, 0.6) is 0 Å². The molecule has 3 N–H and O–H groups in total. The average molecular weight is 437 g/mol. The second-order valence-electron chi connectivity index (χ2n) is 7.61. The van der Waals surface area contributed by atoms with Gasteiger partial charge >= 0.3 is 0 Å². The summed E-state index contributed by atoms with van der Waals surface area (Å²) in [6, 6.07) is 11.5. The third-order valence-electron chi connectivity index (χ3n) is 5.63. The second kappa shape index (κ2) is 7.24. The molecule has 1 fully saturated rings. The molecule has 1 saturated heterocycles. The lowest BCUT2D eigenvalue weighted by atomic mass is 10.0. The van der Waals surface area contributed by atoms with E-state index in [-0.39, 0.29) is 30.7 Å². The molecule has 3 heterocycles. The fourth-order valence-corrected chi connectivity index (χ4v) is 4.32. The van der Waals surface area contributed by atoms with Crippen molar-refractivity contribution in [2.45, 2.75) is 25.4 Å². The maximum absolute atomic E-state index is 12.8.